The van der Waals surface area contributed by atoms with Crippen molar-refractivity contribution in [1.29, 1.82) is 0 Å². The summed E-state index contributed by atoms with van der Waals surface area (Å²) in [6.45, 7) is 4.27. The molecule has 86 valence electrons. The maximum absolute atomic E-state index is 10.4. The van der Waals surface area contributed by atoms with Crippen LogP contribution < -0.4 is 0 Å². The molecule has 2 nitrogen and oxygen atoms in total. The standard InChI is InChI=1S/C14H19NO/c1-3-10(4-2)14(16)12-6-5-7-13-11(12)8-9-15-13/h5-10,14-16H,3-4H2,1-2H3. The van der Waals surface area contributed by atoms with E-state index in [2.05, 4.69) is 18.8 Å². The second-order valence-corrected chi connectivity index (χ2v) is 4.31. The number of aliphatic hydroxyl groups is 1. The quantitative estimate of drug-likeness (QED) is 0.806. The number of hydrogen-bond acceptors (Lipinski definition) is 1. The Morgan fingerprint density at radius 2 is 1.94 bits per heavy atom. The summed E-state index contributed by atoms with van der Waals surface area (Å²) >= 11 is 0. The predicted molar refractivity (Wildman–Crippen MR) is 67.3 cm³/mol. The van der Waals surface area contributed by atoms with Crippen LogP contribution in [0.1, 0.15) is 38.4 Å². The van der Waals surface area contributed by atoms with E-state index in [-0.39, 0.29) is 6.10 Å². The Hall–Kier alpha value is -1.28. The first-order valence-electron chi connectivity index (χ1n) is 6.02. The minimum atomic E-state index is -0.352. The Bertz CT molecular complexity index is 456. The van der Waals surface area contributed by atoms with Crippen molar-refractivity contribution in [1.82, 2.24) is 4.98 Å². The topological polar surface area (TPSA) is 36.0 Å². The van der Waals surface area contributed by atoms with E-state index in [4.69, 9.17) is 0 Å². The van der Waals surface area contributed by atoms with E-state index >= 15 is 0 Å². The highest BCUT2D eigenvalue weighted by molar-refractivity contribution is 5.83. The van der Waals surface area contributed by atoms with Gasteiger partial charge in [-0.3, -0.25) is 0 Å². The molecule has 0 radical (unpaired) electrons. The molecule has 1 heterocycles. The average molecular weight is 217 g/mol. The molecule has 2 aromatic rings. The van der Waals surface area contributed by atoms with Crippen LogP contribution in [0.15, 0.2) is 30.5 Å². The second kappa shape index (κ2) is 4.71. The van der Waals surface area contributed by atoms with E-state index in [0.29, 0.717) is 5.92 Å². The molecule has 1 aromatic heterocycles. The summed E-state index contributed by atoms with van der Waals surface area (Å²) in [6, 6.07) is 8.10. The number of nitrogens with one attached hydrogen (secondary N) is 1. The van der Waals surface area contributed by atoms with E-state index in [1.54, 1.807) is 0 Å². The van der Waals surface area contributed by atoms with Crippen LogP contribution in [0.25, 0.3) is 10.9 Å². The molecule has 0 aliphatic carbocycles. The van der Waals surface area contributed by atoms with Crippen LogP contribution in [-0.2, 0) is 0 Å². The molecular weight excluding hydrogens is 198 g/mol. The second-order valence-electron chi connectivity index (χ2n) is 4.31. The molecule has 1 atom stereocenters. The fourth-order valence-electron chi connectivity index (χ4n) is 2.36. The van der Waals surface area contributed by atoms with Gasteiger partial charge >= 0.3 is 0 Å². The monoisotopic (exact) mass is 217 g/mol. The van der Waals surface area contributed by atoms with Gasteiger partial charge in [-0.25, -0.2) is 0 Å². The van der Waals surface area contributed by atoms with Crippen LogP contribution in [-0.4, -0.2) is 10.1 Å². The molecule has 0 aliphatic heterocycles. The minimum Gasteiger partial charge on any atom is -0.388 e. The van der Waals surface area contributed by atoms with Crippen molar-refractivity contribution in [2.75, 3.05) is 0 Å². The van der Waals surface area contributed by atoms with Gasteiger partial charge < -0.3 is 10.1 Å². The van der Waals surface area contributed by atoms with Crippen LogP contribution in [0, 0.1) is 5.92 Å². The number of benzene rings is 1. The first-order chi connectivity index (χ1) is 7.77. The summed E-state index contributed by atoms with van der Waals surface area (Å²) in [6.07, 6.45) is 3.60. The predicted octanol–water partition coefficient (Wildman–Crippen LogP) is 3.64. The Labute approximate surface area is 96.3 Å². The summed E-state index contributed by atoms with van der Waals surface area (Å²) < 4.78 is 0. The van der Waals surface area contributed by atoms with Crippen LogP contribution in [0.3, 0.4) is 0 Å². The van der Waals surface area contributed by atoms with E-state index in [9.17, 15) is 5.11 Å². The van der Waals surface area contributed by atoms with E-state index in [0.717, 1.165) is 29.3 Å². The van der Waals surface area contributed by atoms with Crippen molar-refractivity contribution in [2.45, 2.75) is 32.8 Å². The molecule has 2 rings (SSSR count). The lowest BCUT2D eigenvalue weighted by atomic mass is 9.90. The molecule has 1 unspecified atom stereocenters. The molecule has 2 heteroatoms. The number of rotatable bonds is 4. The highest BCUT2D eigenvalue weighted by Gasteiger charge is 2.19. The molecular formula is C14H19NO. The van der Waals surface area contributed by atoms with E-state index < -0.39 is 0 Å². The lowest BCUT2D eigenvalue weighted by molar-refractivity contribution is 0.105. The zero-order chi connectivity index (χ0) is 11.5. The van der Waals surface area contributed by atoms with Crippen LogP contribution in [0.4, 0.5) is 0 Å². The average Bonchev–Trinajstić information content (AvgIpc) is 2.78. The number of fused-ring (bicyclic) bond motifs is 1. The van der Waals surface area contributed by atoms with Crippen molar-refractivity contribution in [3.63, 3.8) is 0 Å². The first-order valence-corrected chi connectivity index (χ1v) is 6.02. The molecule has 0 saturated carbocycles. The van der Waals surface area contributed by atoms with Gasteiger partial charge in [0.1, 0.15) is 0 Å². The molecule has 0 bridgehead atoms. The SMILES string of the molecule is CCC(CC)C(O)c1cccc2[nH]ccc12. The zero-order valence-corrected chi connectivity index (χ0v) is 9.90. The molecule has 0 spiro atoms. The lowest BCUT2D eigenvalue weighted by Crippen LogP contribution is -2.11. The number of H-pyrrole nitrogens is 1. The summed E-state index contributed by atoms with van der Waals surface area (Å²) in [5.74, 6) is 0.348. The zero-order valence-electron chi connectivity index (χ0n) is 9.90. The van der Waals surface area contributed by atoms with Crippen molar-refractivity contribution in [3.8, 4) is 0 Å². The van der Waals surface area contributed by atoms with Crippen LogP contribution >= 0.6 is 0 Å². The fraction of sp³-hybridized carbons (Fsp3) is 0.429. The molecule has 0 aliphatic rings. The van der Waals surface area contributed by atoms with Gasteiger partial charge in [0.25, 0.3) is 0 Å². The van der Waals surface area contributed by atoms with E-state index in [1.165, 1.54) is 0 Å². The summed E-state index contributed by atoms with van der Waals surface area (Å²) in [4.78, 5) is 3.18. The summed E-state index contributed by atoms with van der Waals surface area (Å²) in [5, 5.41) is 11.5. The molecule has 0 saturated heterocycles. The molecule has 16 heavy (non-hydrogen) atoms. The van der Waals surface area contributed by atoms with Crippen LogP contribution in [0.5, 0.6) is 0 Å². The Balaban J connectivity index is 2.42. The summed E-state index contributed by atoms with van der Waals surface area (Å²) in [7, 11) is 0. The number of aromatic nitrogens is 1. The van der Waals surface area contributed by atoms with Gasteiger partial charge in [0.15, 0.2) is 0 Å². The van der Waals surface area contributed by atoms with Gasteiger partial charge in [-0.1, -0.05) is 38.8 Å². The third-order valence-electron chi connectivity index (χ3n) is 3.44. The highest BCUT2D eigenvalue weighted by Crippen LogP contribution is 2.31. The minimum absolute atomic E-state index is 0.348. The third kappa shape index (κ3) is 1.85. The van der Waals surface area contributed by atoms with Crippen LogP contribution in [0.2, 0.25) is 0 Å². The number of aromatic amines is 1. The van der Waals surface area contributed by atoms with Gasteiger partial charge in [-0.15, -0.1) is 0 Å². The van der Waals surface area contributed by atoms with Gasteiger partial charge in [-0.05, 0) is 23.6 Å². The molecule has 1 aromatic carbocycles. The molecule has 2 N–H and O–H groups in total. The number of hydrogen-bond donors (Lipinski definition) is 2. The normalized spacial score (nSPS) is 13.5. The number of aliphatic hydroxyl groups excluding tert-OH is 1. The van der Waals surface area contributed by atoms with Crippen molar-refractivity contribution < 1.29 is 5.11 Å². The summed E-state index contributed by atoms with van der Waals surface area (Å²) in [5.41, 5.74) is 2.15. The van der Waals surface area contributed by atoms with Gasteiger partial charge in [0, 0.05) is 17.1 Å². The van der Waals surface area contributed by atoms with Crippen molar-refractivity contribution >= 4 is 10.9 Å². The first kappa shape index (κ1) is 11.2. The Morgan fingerprint density at radius 3 is 2.62 bits per heavy atom. The lowest BCUT2D eigenvalue weighted by Gasteiger charge is -2.21. The molecule has 0 amide bonds. The van der Waals surface area contributed by atoms with Gasteiger partial charge in [0.2, 0.25) is 0 Å². The third-order valence-corrected chi connectivity index (χ3v) is 3.44. The highest BCUT2D eigenvalue weighted by atomic mass is 16.3. The van der Waals surface area contributed by atoms with E-state index in [1.807, 2.05) is 30.5 Å². The fourth-order valence-corrected chi connectivity index (χ4v) is 2.36. The maximum Gasteiger partial charge on any atom is 0.0824 e. The Morgan fingerprint density at radius 1 is 1.19 bits per heavy atom. The smallest absolute Gasteiger partial charge is 0.0824 e. The Kier molecular flexibility index (Phi) is 3.30. The van der Waals surface area contributed by atoms with Crippen molar-refractivity contribution in [3.05, 3.63) is 36.0 Å². The molecule has 0 fully saturated rings. The van der Waals surface area contributed by atoms with Gasteiger partial charge in [0.05, 0.1) is 6.10 Å². The van der Waals surface area contributed by atoms with Gasteiger partial charge in [-0.2, -0.15) is 0 Å². The largest absolute Gasteiger partial charge is 0.388 e. The van der Waals surface area contributed by atoms with Crippen molar-refractivity contribution in [2.24, 2.45) is 5.92 Å². The maximum atomic E-state index is 10.4.